The Morgan fingerprint density at radius 1 is 0.938 bits per heavy atom. The van der Waals surface area contributed by atoms with E-state index in [9.17, 15) is 4.79 Å². The molecule has 0 spiro atoms. The zero-order valence-electron chi connectivity index (χ0n) is 19.9. The average Bonchev–Trinajstić information content (AvgIpc) is 3.35. The van der Waals surface area contributed by atoms with E-state index >= 15 is 0 Å². The van der Waals surface area contributed by atoms with Crippen molar-refractivity contribution in [3.05, 3.63) is 59.4 Å². The number of carbonyl (C=O) groups is 1. The van der Waals surface area contributed by atoms with Crippen molar-refractivity contribution in [3.8, 4) is 0 Å². The predicted molar refractivity (Wildman–Crippen MR) is 133 cm³/mol. The first kappa shape index (κ1) is 22.6. The minimum atomic E-state index is 0.138. The average molecular weight is 432 g/mol. The van der Waals surface area contributed by atoms with Crippen molar-refractivity contribution in [1.29, 1.82) is 0 Å². The number of unbranched alkanes of at least 4 members (excludes halogenated alkanes) is 6. The van der Waals surface area contributed by atoms with Crippen molar-refractivity contribution in [2.24, 2.45) is 0 Å². The van der Waals surface area contributed by atoms with Gasteiger partial charge < -0.3 is 9.47 Å². The van der Waals surface area contributed by atoms with Crippen LogP contribution in [0.1, 0.15) is 81.2 Å². The molecule has 2 heterocycles. The van der Waals surface area contributed by atoms with Gasteiger partial charge in [-0.25, -0.2) is 4.98 Å². The molecule has 2 aromatic carbocycles. The predicted octanol–water partition coefficient (Wildman–Crippen LogP) is 6.92. The Morgan fingerprint density at radius 3 is 2.50 bits per heavy atom. The third-order valence-electron chi connectivity index (χ3n) is 7.03. The van der Waals surface area contributed by atoms with Gasteiger partial charge in [0.1, 0.15) is 5.82 Å². The Hall–Kier alpha value is -2.62. The van der Waals surface area contributed by atoms with Gasteiger partial charge in [0.05, 0.1) is 11.0 Å². The lowest BCUT2D eigenvalue weighted by atomic mass is 10.1. The fourth-order valence-electron chi connectivity index (χ4n) is 5.01. The molecule has 0 saturated carbocycles. The molecule has 1 aromatic heterocycles. The first-order valence-electron chi connectivity index (χ1n) is 12.4. The number of hydrogen-bond donors (Lipinski definition) is 0. The first-order chi connectivity index (χ1) is 15.6. The summed E-state index contributed by atoms with van der Waals surface area (Å²) >= 11 is 0. The van der Waals surface area contributed by atoms with Crippen LogP contribution in [-0.4, -0.2) is 22.0 Å². The van der Waals surface area contributed by atoms with Gasteiger partial charge in [-0.3, -0.25) is 4.79 Å². The third kappa shape index (κ3) is 4.74. The van der Waals surface area contributed by atoms with Crippen molar-refractivity contribution < 1.29 is 4.79 Å². The summed E-state index contributed by atoms with van der Waals surface area (Å²) in [6.07, 6.45) is 9.61. The van der Waals surface area contributed by atoms with Crippen LogP contribution in [0.4, 0.5) is 5.69 Å². The summed E-state index contributed by atoms with van der Waals surface area (Å²) < 4.78 is 2.39. The molecule has 1 fully saturated rings. The van der Waals surface area contributed by atoms with Gasteiger partial charge in [-0.2, -0.15) is 0 Å². The minimum Gasteiger partial charge on any atom is -0.328 e. The van der Waals surface area contributed by atoms with Crippen molar-refractivity contribution in [2.45, 2.75) is 84.6 Å². The number of aryl methyl sites for hydroxylation is 2. The molecule has 32 heavy (non-hydrogen) atoms. The largest absolute Gasteiger partial charge is 0.328 e. The maximum absolute atomic E-state index is 13.0. The lowest BCUT2D eigenvalue weighted by molar-refractivity contribution is -0.117. The van der Waals surface area contributed by atoms with E-state index in [0.717, 1.165) is 23.6 Å². The van der Waals surface area contributed by atoms with Crippen LogP contribution in [0.15, 0.2) is 42.5 Å². The zero-order chi connectivity index (χ0) is 22.5. The van der Waals surface area contributed by atoms with Crippen LogP contribution < -0.4 is 4.90 Å². The molecule has 1 atom stereocenters. The van der Waals surface area contributed by atoms with Crippen LogP contribution in [0.25, 0.3) is 11.0 Å². The number of para-hydroxylation sites is 2. The van der Waals surface area contributed by atoms with E-state index in [2.05, 4.69) is 61.7 Å². The quantitative estimate of drug-likeness (QED) is 0.327. The van der Waals surface area contributed by atoms with Gasteiger partial charge in [-0.05, 0) is 49.6 Å². The third-order valence-corrected chi connectivity index (χ3v) is 7.03. The molecule has 1 saturated heterocycles. The molecule has 1 amide bonds. The number of anilines is 1. The normalized spacial score (nSPS) is 16.4. The van der Waals surface area contributed by atoms with Crippen LogP contribution in [-0.2, 0) is 11.3 Å². The second-order valence-electron chi connectivity index (χ2n) is 9.36. The van der Waals surface area contributed by atoms with Crippen LogP contribution in [0.5, 0.6) is 0 Å². The van der Waals surface area contributed by atoms with Crippen molar-refractivity contribution in [3.63, 3.8) is 0 Å². The molecule has 0 radical (unpaired) electrons. The minimum absolute atomic E-state index is 0.138. The molecule has 1 unspecified atom stereocenters. The van der Waals surface area contributed by atoms with E-state index in [1.807, 2.05) is 11.0 Å². The number of fused-ring (bicyclic) bond motifs is 1. The highest BCUT2D eigenvalue weighted by molar-refractivity contribution is 5.97. The molecule has 0 N–H and O–H groups in total. The number of aromatic nitrogens is 2. The van der Waals surface area contributed by atoms with E-state index in [4.69, 9.17) is 4.98 Å². The second-order valence-corrected chi connectivity index (χ2v) is 9.36. The van der Waals surface area contributed by atoms with Crippen LogP contribution in [0, 0.1) is 13.8 Å². The summed E-state index contributed by atoms with van der Waals surface area (Å²) in [7, 11) is 0. The molecule has 1 aliphatic rings. The molecular weight excluding hydrogens is 394 g/mol. The van der Waals surface area contributed by atoms with Gasteiger partial charge in [0, 0.05) is 31.1 Å². The summed E-state index contributed by atoms with van der Waals surface area (Å²) in [5.74, 6) is 1.43. The van der Waals surface area contributed by atoms with E-state index in [1.54, 1.807) is 0 Å². The SMILES string of the molecule is CCCCCCCCCn1c(C2CC(=O)N(c3cccc(C)c3C)C2)nc2ccccc21. The van der Waals surface area contributed by atoms with Crippen molar-refractivity contribution in [2.75, 3.05) is 11.4 Å². The van der Waals surface area contributed by atoms with Crippen LogP contribution >= 0.6 is 0 Å². The summed E-state index contributed by atoms with van der Waals surface area (Å²) in [5.41, 5.74) is 5.71. The van der Waals surface area contributed by atoms with Gasteiger partial charge in [0.15, 0.2) is 0 Å². The Kier molecular flexibility index (Phi) is 7.29. The molecule has 4 rings (SSSR count). The highest BCUT2D eigenvalue weighted by Crippen LogP contribution is 2.35. The van der Waals surface area contributed by atoms with Crippen LogP contribution in [0.3, 0.4) is 0 Å². The number of hydrogen-bond acceptors (Lipinski definition) is 2. The summed E-state index contributed by atoms with van der Waals surface area (Å²) in [6, 6.07) is 14.7. The standard InChI is InChI=1S/C28H37N3O/c1-4-5-6-7-8-9-12-18-30-26-16-11-10-15-24(26)29-28(30)23-19-27(32)31(20-23)25-17-13-14-21(2)22(25)3/h10-11,13-17,23H,4-9,12,18-20H2,1-3H3. The van der Waals surface area contributed by atoms with E-state index in [-0.39, 0.29) is 11.8 Å². The van der Waals surface area contributed by atoms with Gasteiger partial charge in [0.25, 0.3) is 0 Å². The van der Waals surface area contributed by atoms with E-state index < -0.39 is 0 Å². The van der Waals surface area contributed by atoms with Gasteiger partial charge >= 0.3 is 0 Å². The monoisotopic (exact) mass is 431 g/mol. The molecule has 170 valence electrons. The summed E-state index contributed by atoms with van der Waals surface area (Å²) in [4.78, 5) is 20.0. The lowest BCUT2D eigenvalue weighted by Crippen LogP contribution is -2.25. The molecule has 0 bridgehead atoms. The second kappa shape index (κ2) is 10.3. The number of nitrogens with zero attached hydrogens (tertiary/aromatic N) is 3. The highest BCUT2D eigenvalue weighted by Gasteiger charge is 2.35. The molecule has 3 aromatic rings. The Morgan fingerprint density at radius 2 is 1.69 bits per heavy atom. The van der Waals surface area contributed by atoms with Crippen molar-refractivity contribution in [1.82, 2.24) is 9.55 Å². The molecule has 4 heteroatoms. The number of benzene rings is 2. The number of rotatable bonds is 10. The smallest absolute Gasteiger partial charge is 0.227 e. The molecule has 0 aliphatic carbocycles. The van der Waals surface area contributed by atoms with Crippen molar-refractivity contribution >= 4 is 22.6 Å². The first-order valence-corrected chi connectivity index (χ1v) is 12.4. The Labute approximate surface area is 192 Å². The zero-order valence-corrected chi connectivity index (χ0v) is 19.9. The fourth-order valence-corrected chi connectivity index (χ4v) is 5.01. The molecular formula is C28H37N3O. The number of carbonyl (C=O) groups excluding carboxylic acids is 1. The molecule has 4 nitrogen and oxygen atoms in total. The van der Waals surface area contributed by atoms with Gasteiger partial charge in [-0.1, -0.05) is 69.7 Å². The number of imidazole rings is 1. The summed E-state index contributed by atoms with van der Waals surface area (Å²) in [6.45, 7) is 8.18. The van der Waals surface area contributed by atoms with Gasteiger partial charge in [0.2, 0.25) is 5.91 Å². The summed E-state index contributed by atoms with van der Waals surface area (Å²) in [5, 5.41) is 0. The van der Waals surface area contributed by atoms with Crippen LogP contribution in [0.2, 0.25) is 0 Å². The number of amides is 1. The lowest BCUT2D eigenvalue weighted by Gasteiger charge is -2.20. The fraction of sp³-hybridized carbons (Fsp3) is 0.500. The highest BCUT2D eigenvalue weighted by atomic mass is 16.2. The maximum atomic E-state index is 13.0. The van der Waals surface area contributed by atoms with E-state index in [0.29, 0.717) is 13.0 Å². The molecule has 1 aliphatic heterocycles. The van der Waals surface area contributed by atoms with E-state index in [1.165, 1.54) is 61.6 Å². The topological polar surface area (TPSA) is 38.1 Å². The maximum Gasteiger partial charge on any atom is 0.227 e. The Bertz CT molecular complexity index is 1070. The Balaban J connectivity index is 1.52. The van der Waals surface area contributed by atoms with Gasteiger partial charge in [-0.15, -0.1) is 0 Å².